The number of amides is 2. The lowest BCUT2D eigenvalue weighted by Crippen LogP contribution is -2.51. The lowest BCUT2D eigenvalue weighted by molar-refractivity contribution is -0.136. The lowest BCUT2D eigenvalue weighted by Gasteiger charge is -2.37. The van der Waals surface area contributed by atoms with Crippen molar-refractivity contribution in [1.82, 2.24) is 20.4 Å². The van der Waals surface area contributed by atoms with E-state index in [1.54, 1.807) is 32.4 Å². The second-order valence-electron chi connectivity index (χ2n) is 8.57. The molecule has 0 unspecified atom stereocenters. The monoisotopic (exact) mass is 480 g/mol. The number of nitrogens with one attached hydrogen (secondary N) is 2. The molecular weight excluding hydrogens is 448 g/mol. The molecular formula is C26H32N4O5. The first kappa shape index (κ1) is 24.6. The Hall–Kier alpha value is -3.56. The Balaban J connectivity index is 1.53. The molecule has 9 nitrogen and oxygen atoms in total. The van der Waals surface area contributed by atoms with Gasteiger partial charge >= 0.3 is 12.0 Å². The molecule has 9 heteroatoms. The molecule has 1 atom stereocenters. The molecule has 2 aromatic rings. The summed E-state index contributed by atoms with van der Waals surface area (Å²) < 4.78 is 15.9. The summed E-state index contributed by atoms with van der Waals surface area (Å²) in [6.07, 6.45) is 0. The second-order valence-corrected chi connectivity index (χ2v) is 8.57. The molecule has 1 fully saturated rings. The second kappa shape index (κ2) is 11.2. The smallest absolute Gasteiger partial charge is 0.338 e. The highest BCUT2D eigenvalue weighted by atomic mass is 16.5. The summed E-state index contributed by atoms with van der Waals surface area (Å²) >= 11 is 0. The van der Waals surface area contributed by atoms with Crippen LogP contribution in [0.15, 0.2) is 59.8 Å². The number of methoxy groups -OCH3 is 3. The Kier molecular flexibility index (Phi) is 7.89. The molecule has 0 aliphatic carbocycles. The summed E-state index contributed by atoms with van der Waals surface area (Å²) in [5, 5.41) is 5.70. The number of nitrogens with zero attached hydrogens (tertiary/aromatic N) is 2. The van der Waals surface area contributed by atoms with Crippen molar-refractivity contribution in [3.63, 3.8) is 0 Å². The minimum atomic E-state index is -0.676. The molecule has 0 bridgehead atoms. The van der Waals surface area contributed by atoms with Gasteiger partial charge in [-0.25, -0.2) is 9.59 Å². The van der Waals surface area contributed by atoms with Gasteiger partial charge in [-0.2, -0.15) is 0 Å². The van der Waals surface area contributed by atoms with E-state index >= 15 is 0 Å². The van der Waals surface area contributed by atoms with Crippen LogP contribution in [0.5, 0.6) is 11.5 Å². The highest BCUT2D eigenvalue weighted by Gasteiger charge is 2.35. The zero-order chi connectivity index (χ0) is 24.8. The van der Waals surface area contributed by atoms with E-state index in [-0.39, 0.29) is 6.03 Å². The fourth-order valence-corrected chi connectivity index (χ4v) is 4.55. The minimum Gasteiger partial charge on any atom is -0.493 e. The molecule has 0 saturated carbocycles. The van der Waals surface area contributed by atoms with Gasteiger partial charge in [0.2, 0.25) is 0 Å². The normalized spacial score (nSPS) is 19.1. The van der Waals surface area contributed by atoms with Crippen LogP contribution in [-0.2, 0) is 16.1 Å². The van der Waals surface area contributed by atoms with Gasteiger partial charge in [0.15, 0.2) is 11.5 Å². The van der Waals surface area contributed by atoms with Crippen LogP contribution in [0.2, 0.25) is 0 Å². The molecule has 0 radical (unpaired) electrons. The Morgan fingerprint density at radius 1 is 0.914 bits per heavy atom. The van der Waals surface area contributed by atoms with Gasteiger partial charge < -0.3 is 24.8 Å². The summed E-state index contributed by atoms with van der Waals surface area (Å²) in [4.78, 5) is 30.1. The van der Waals surface area contributed by atoms with Crippen molar-refractivity contribution in [3.05, 3.63) is 70.9 Å². The molecule has 0 spiro atoms. The van der Waals surface area contributed by atoms with E-state index in [1.807, 2.05) is 6.07 Å². The Morgan fingerprint density at radius 3 is 2.20 bits per heavy atom. The Bertz CT molecular complexity index is 1080. The number of benzene rings is 2. The molecule has 1 saturated heterocycles. The fraction of sp³-hybridized carbons (Fsp3) is 0.385. The van der Waals surface area contributed by atoms with Crippen molar-refractivity contribution in [2.45, 2.75) is 12.6 Å². The van der Waals surface area contributed by atoms with Crippen molar-refractivity contribution < 1.29 is 23.8 Å². The number of esters is 1. The third kappa shape index (κ3) is 5.75. The molecule has 186 valence electrons. The van der Waals surface area contributed by atoms with Crippen molar-refractivity contribution in [1.29, 1.82) is 0 Å². The van der Waals surface area contributed by atoms with E-state index in [2.05, 4.69) is 44.7 Å². The summed E-state index contributed by atoms with van der Waals surface area (Å²) in [6.45, 7) is 4.82. The van der Waals surface area contributed by atoms with E-state index in [9.17, 15) is 9.59 Å². The first-order chi connectivity index (χ1) is 17.0. The summed E-state index contributed by atoms with van der Waals surface area (Å²) in [5.74, 6) is 0.585. The van der Waals surface area contributed by atoms with E-state index < -0.39 is 12.0 Å². The summed E-state index contributed by atoms with van der Waals surface area (Å²) in [5.41, 5.74) is 2.92. The zero-order valence-electron chi connectivity index (χ0n) is 20.4. The Labute approximate surface area is 205 Å². The maximum Gasteiger partial charge on any atom is 0.338 e. The van der Waals surface area contributed by atoms with Gasteiger partial charge in [0.05, 0.1) is 32.9 Å². The fourth-order valence-electron chi connectivity index (χ4n) is 4.55. The molecule has 2 heterocycles. The first-order valence-corrected chi connectivity index (χ1v) is 11.6. The van der Waals surface area contributed by atoms with Crippen LogP contribution < -0.4 is 20.1 Å². The van der Waals surface area contributed by atoms with Crippen LogP contribution in [0.4, 0.5) is 4.79 Å². The Morgan fingerprint density at radius 2 is 1.57 bits per heavy atom. The molecule has 35 heavy (non-hydrogen) atoms. The van der Waals surface area contributed by atoms with Crippen molar-refractivity contribution in [2.24, 2.45) is 0 Å². The van der Waals surface area contributed by atoms with Gasteiger partial charge in [-0.3, -0.25) is 9.80 Å². The molecule has 2 aliphatic rings. The van der Waals surface area contributed by atoms with Crippen LogP contribution >= 0.6 is 0 Å². The maximum absolute atomic E-state index is 12.9. The third-order valence-corrected chi connectivity index (χ3v) is 6.40. The third-order valence-electron chi connectivity index (χ3n) is 6.40. The largest absolute Gasteiger partial charge is 0.493 e. The predicted molar refractivity (Wildman–Crippen MR) is 131 cm³/mol. The van der Waals surface area contributed by atoms with E-state index in [1.165, 1.54) is 12.7 Å². The number of rotatable bonds is 8. The summed E-state index contributed by atoms with van der Waals surface area (Å²) in [7, 11) is 4.45. The number of urea groups is 1. The van der Waals surface area contributed by atoms with Gasteiger partial charge in [0.1, 0.15) is 0 Å². The average molecular weight is 481 g/mol. The van der Waals surface area contributed by atoms with Crippen LogP contribution in [0.25, 0.3) is 0 Å². The van der Waals surface area contributed by atoms with Gasteiger partial charge in [0.25, 0.3) is 0 Å². The SMILES string of the molecule is COC(=O)C1=C(CN2CCN(Cc3ccccc3)CC2)NC(=O)N[C@H]1c1ccc(OC)c(OC)c1. The van der Waals surface area contributed by atoms with Gasteiger partial charge in [-0.1, -0.05) is 36.4 Å². The van der Waals surface area contributed by atoms with Gasteiger partial charge in [-0.05, 0) is 23.3 Å². The van der Waals surface area contributed by atoms with Gasteiger partial charge in [-0.15, -0.1) is 0 Å². The predicted octanol–water partition coefficient (Wildman–Crippen LogP) is 2.30. The zero-order valence-corrected chi connectivity index (χ0v) is 20.4. The number of hydrogen-bond donors (Lipinski definition) is 2. The molecule has 0 aromatic heterocycles. The standard InChI is InChI=1S/C26H32N4O5/c1-33-21-10-9-19(15-22(21)34-2)24-23(25(31)35-3)20(27-26(32)28-24)17-30-13-11-29(12-14-30)16-18-7-5-4-6-8-18/h4-10,15,24H,11-14,16-17H2,1-3H3,(H2,27,28,32)/t24-/m0/s1. The molecule has 2 N–H and O–H groups in total. The number of carbonyl (C=O) groups excluding carboxylic acids is 2. The lowest BCUT2D eigenvalue weighted by atomic mass is 9.94. The highest BCUT2D eigenvalue weighted by Crippen LogP contribution is 2.34. The quantitative estimate of drug-likeness (QED) is 0.560. The van der Waals surface area contributed by atoms with Gasteiger partial charge in [0, 0.05) is 45.0 Å². The van der Waals surface area contributed by atoms with Crippen molar-refractivity contribution in [3.8, 4) is 11.5 Å². The number of carbonyl (C=O) groups is 2. The molecule has 2 aromatic carbocycles. The first-order valence-electron chi connectivity index (χ1n) is 11.6. The number of ether oxygens (including phenoxy) is 3. The van der Waals surface area contributed by atoms with E-state index in [0.29, 0.717) is 34.9 Å². The van der Waals surface area contributed by atoms with Crippen molar-refractivity contribution in [2.75, 3.05) is 54.1 Å². The number of piperazine rings is 1. The van der Waals surface area contributed by atoms with E-state index in [0.717, 1.165) is 32.7 Å². The maximum atomic E-state index is 12.9. The van der Waals surface area contributed by atoms with Crippen LogP contribution in [0.3, 0.4) is 0 Å². The average Bonchev–Trinajstić information content (AvgIpc) is 2.89. The summed E-state index contributed by atoms with van der Waals surface area (Å²) in [6, 6.07) is 14.7. The number of hydrogen-bond acceptors (Lipinski definition) is 7. The van der Waals surface area contributed by atoms with Crippen LogP contribution in [-0.4, -0.2) is 75.9 Å². The van der Waals surface area contributed by atoms with Crippen LogP contribution in [0, 0.1) is 0 Å². The van der Waals surface area contributed by atoms with E-state index in [4.69, 9.17) is 14.2 Å². The molecule has 4 rings (SSSR count). The highest BCUT2D eigenvalue weighted by molar-refractivity contribution is 5.95. The van der Waals surface area contributed by atoms with Crippen LogP contribution in [0.1, 0.15) is 17.2 Å². The molecule has 2 aliphatic heterocycles. The minimum absolute atomic E-state index is 0.366. The topological polar surface area (TPSA) is 92.4 Å². The van der Waals surface area contributed by atoms with Crippen molar-refractivity contribution >= 4 is 12.0 Å². The molecule has 2 amide bonds.